The van der Waals surface area contributed by atoms with E-state index in [1.807, 2.05) is 0 Å². The molecule has 1 aliphatic rings. The molecule has 1 amide bonds. The molecule has 0 aliphatic carbocycles. The normalized spacial score (nSPS) is 20.1. The number of carbonyl (C=O) groups excluding carboxylic acids is 1. The molecule has 0 saturated carbocycles. The van der Waals surface area contributed by atoms with Gasteiger partial charge in [0.2, 0.25) is 23.1 Å². The van der Waals surface area contributed by atoms with Crippen LogP contribution in [0.5, 0.6) is 0 Å². The summed E-state index contributed by atoms with van der Waals surface area (Å²) >= 11 is 5.60. The lowest BCUT2D eigenvalue weighted by molar-refractivity contribution is -0.119. The maximum Gasteiger partial charge on any atom is 0.229 e. The lowest BCUT2D eigenvalue weighted by atomic mass is 10.3. The number of nitrogens with zero attached hydrogens (tertiary/aromatic N) is 3. The van der Waals surface area contributed by atoms with Crippen LogP contribution in [-0.4, -0.2) is 33.4 Å². The number of amides is 1. The number of halogens is 1. The summed E-state index contributed by atoms with van der Waals surface area (Å²) < 4.78 is 0. The molecule has 0 radical (unpaired) electrons. The average molecular weight is 229 g/mol. The summed E-state index contributed by atoms with van der Waals surface area (Å²) in [6.07, 6.45) is 0.392. The van der Waals surface area contributed by atoms with Gasteiger partial charge in [-0.05, 0) is 11.6 Å². The summed E-state index contributed by atoms with van der Waals surface area (Å²) in [5, 5.41) is 5.66. The highest BCUT2D eigenvalue weighted by Gasteiger charge is 2.22. The van der Waals surface area contributed by atoms with Crippen LogP contribution in [-0.2, 0) is 4.79 Å². The minimum absolute atomic E-state index is 0.000579. The Morgan fingerprint density at radius 3 is 2.87 bits per heavy atom. The van der Waals surface area contributed by atoms with Gasteiger partial charge in [-0.25, -0.2) is 0 Å². The van der Waals surface area contributed by atoms with E-state index in [0.717, 1.165) is 0 Å². The van der Waals surface area contributed by atoms with E-state index in [0.29, 0.717) is 13.0 Å². The largest absolute Gasteiger partial charge is 0.368 e. The van der Waals surface area contributed by atoms with Gasteiger partial charge in [0.05, 0.1) is 6.04 Å². The highest BCUT2D eigenvalue weighted by molar-refractivity contribution is 6.28. The van der Waals surface area contributed by atoms with Gasteiger partial charge in [-0.3, -0.25) is 4.79 Å². The Kier molecular flexibility index (Phi) is 2.55. The summed E-state index contributed by atoms with van der Waals surface area (Å²) in [7, 11) is 0. The summed E-state index contributed by atoms with van der Waals surface area (Å²) in [6, 6.07) is -0.0321. The van der Waals surface area contributed by atoms with Gasteiger partial charge < -0.3 is 16.4 Å². The molecule has 0 spiro atoms. The molecule has 1 atom stereocenters. The molecule has 1 unspecified atom stereocenters. The second-order valence-corrected chi connectivity index (χ2v) is 3.47. The van der Waals surface area contributed by atoms with Crippen molar-refractivity contribution in [1.29, 1.82) is 0 Å². The Balaban J connectivity index is 2.07. The van der Waals surface area contributed by atoms with E-state index in [1.54, 1.807) is 0 Å². The van der Waals surface area contributed by atoms with E-state index in [1.165, 1.54) is 0 Å². The van der Waals surface area contributed by atoms with Gasteiger partial charge in [-0.15, -0.1) is 0 Å². The van der Waals surface area contributed by atoms with Crippen LogP contribution in [0.15, 0.2) is 0 Å². The predicted octanol–water partition coefficient (Wildman–Crippen LogP) is -0.592. The van der Waals surface area contributed by atoms with E-state index in [-0.39, 0.29) is 29.1 Å². The molecule has 1 aliphatic heterocycles. The zero-order valence-electron chi connectivity index (χ0n) is 7.70. The number of nitrogen functional groups attached to an aromatic ring is 1. The van der Waals surface area contributed by atoms with Crippen LogP contribution in [0.4, 0.5) is 11.9 Å². The van der Waals surface area contributed by atoms with Gasteiger partial charge in [0, 0.05) is 13.0 Å². The van der Waals surface area contributed by atoms with E-state index in [4.69, 9.17) is 17.3 Å². The molecule has 80 valence electrons. The number of nitrogens with two attached hydrogens (primary N) is 1. The van der Waals surface area contributed by atoms with E-state index in [2.05, 4.69) is 25.6 Å². The molecule has 1 fully saturated rings. The van der Waals surface area contributed by atoms with Crippen molar-refractivity contribution in [1.82, 2.24) is 20.3 Å². The van der Waals surface area contributed by atoms with Gasteiger partial charge in [0.25, 0.3) is 0 Å². The Morgan fingerprint density at radius 1 is 1.47 bits per heavy atom. The minimum Gasteiger partial charge on any atom is -0.368 e. The van der Waals surface area contributed by atoms with E-state index in [9.17, 15) is 4.79 Å². The average Bonchev–Trinajstić information content (AvgIpc) is 2.49. The molecule has 2 rings (SSSR count). The fraction of sp³-hybridized carbons (Fsp3) is 0.429. The van der Waals surface area contributed by atoms with Crippen LogP contribution in [0, 0.1) is 0 Å². The van der Waals surface area contributed by atoms with Crippen LogP contribution in [0.2, 0.25) is 5.28 Å². The molecule has 0 bridgehead atoms. The molecule has 8 heteroatoms. The molecular weight excluding hydrogens is 220 g/mol. The smallest absolute Gasteiger partial charge is 0.229 e. The first-order valence-corrected chi connectivity index (χ1v) is 4.71. The van der Waals surface area contributed by atoms with Crippen molar-refractivity contribution in [2.24, 2.45) is 0 Å². The topological polar surface area (TPSA) is 106 Å². The second-order valence-electron chi connectivity index (χ2n) is 3.14. The van der Waals surface area contributed by atoms with Gasteiger partial charge >= 0.3 is 0 Å². The van der Waals surface area contributed by atoms with Crippen molar-refractivity contribution in [2.45, 2.75) is 12.5 Å². The molecule has 0 aromatic carbocycles. The number of hydrogen-bond donors (Lipinski definition) is 3. The fourth-order valence-corrected chi connectivity index (χ4v) is 1.49. The number of aromatic nitrogens is 3. The molecule has 2 heterocycles. The molecule has 7 nitrogen and oxygen atoms in total. The highest BCUT2D eigenvalue weighted by Crippen LogP contribution is 2.10. The Hall–Kier alpha value is -1.63. The zero-order valence-corrected chi connectivity index (χ0v) is 8.45. The summed E-state index contributed by atoms with van der Waals surface area (Å²) in [5.74, 6) is 0.337. The third-order valence-electron chi connectivity index (χ3n) is 1.94. The lowest BCUT2D eigenvalue weighted by Crippen LogP contribution is -2.23. The van der Waals surface area contributed by atoms with Crippen molar-refractivity contribution >= 4 is 29.4 Å². The SMILES string of the molecule is Nc1nc(Cl)nc(NC2CNC(=O)C2)n1. The van der Waals surface area contributed by atoms with Crippen LogP contribution >= 0.6 is 11.6 Å². The van der Waals surface area contributed by atoms with Crippen molar-refractivity contribution < 1.29 is 4.79 Å². The van der Waals surface area contributed by atoms with Gasteiger partial charge in [0.1, 0.15) is 0 Å². The quantitative estimate of drug-likeness (QED) is 0.625. The first-order valence-electron chi connectivity index (χ1n) is 4.34. The monoisotopic (exact) mass is 228 g/mol. The van der Waals surface area contributed by atoms with Gasteiger partial charge in [-0.1, -0.05) is 0 Å². The summed E-state index contributed by atoms with van der Waals surface area (Å²) in [5.41, 5.74) is 5.39. The zero-order chi connectivity index (χ0) is 10.8. The maximum absolute atomic E-state index is 10.9. The van der Waals surface area contributed by atoms with Crippen molar-refractivity contribution in [3.05, 3.63) is 5.28 Å². The van der Waals surface area contributed by atoms with Crippen molar-refractivity contribution in [3.8, 4) is 0 Å². The molecule has 4 N–H and O–H groups in total. The van der Waals surface area contributed by atoms with E-state index >= 15 is 0 Å². The Labute approximate surface area is 90.4 Å². The van der Waals surface area contributed by atoms with E-state index < -0.39 is 0 Å². The third-order valence-corrected chi connectivity index (χ3v) is 2.11. The minimum atomic E-state index is -0.0321. The highest BCUT2D eigenvalue weighted by atomic mass is 35.5. The number of anilines is 2. The van der Waals surface area contributed by atoms with Crippen LogP contribution in [0.1, 0.15) is 6.42 Å². The van der Waals surface area contributed by atoms with Gasteiger partial charge in [-0.2, -0.15) is 15.0 Å². The Morgan fingerprint density at radius 2 is 2.27 bits per heavy atom. The molecule has 1 aromatic rings. The van der Waals surface area contributed by atoms with Crippen LogP contribution in [0.25, 0.3) is 0 Å². The maximum atomic E-state index is 10.9. The third kappa shape index (κ3) is 2.44. The van der Waals surface area contributed by atoms with Crippen molar-refractivity contribution in [3.63, 3.8) is 0 Å². The molecular formula is C7H9ClN6O. The standard InChI is InChI=1S/C7H9ClN6O/c8-5-12-6(9)14-7(13-5)11-3-1-4(15)10-2-3/h3H,1-2H2,(H,10,15)(H3,9,11,12,13,14). The van der Waals surface area contributed by atoms with Crippen molar-refractivity contribution in [2.75, 3.05) is 17.6 Å². The second kappa shape index (κ2) is 3.85. The van der Waals surface area contributed by atoms with Crippen LogP contribution < -0.4 is 16.4 Å². The summed E-state index contributed by atoms with van der Waals surface area (Å²) in [4.78, 5) is 22.2. The first kappa shape index (κ1) is 9.91. The lowest BCUT2D eigenvalue weighted by Gasteiger charge is -2.09. The number of nitrogens with one attached hydrogen (secondary N) is 2. The fourth-order valence-electron chi connectivity index (χ4n) is 1.32. The molecule has 15 heavy (non-hydrogen) atoms. The molecule has 1 saturated heterocycles. The number of hydrogen-bond acceptors (Lipinski definition) is 6. The number of carbonyl (C=O) groups is 1. The van der Waals surface area contributed by atoms with Gasteiger partial charge in [0.15, 0.2) is 0 Å². The Bertz CT molecular complexity index is 377. The predicted molar refractivity (Wildman–Crippen MR) is 54.3 cm³/mol. The summed E-state index contributed by atoms with van der Waals surface area (Å²) in [6.45, 7) is 0.544. The first-order chi connectivity index (χ1) is 7.13. The molecule has 1 aromatic heterocycles. The van der Waals surface area contributed by atoms with Crippen LogP contribution in [0.3, 0.4) is 0 Å². The number of rotatable bonds is 2.